The van der Waals surface area contributed by atoms with Crippen molar-refractivity contribution >= 4 is 49.1 Å². The Labute approximate surface area is 198 Å². The van der Waals surface area contributed by atoms with Crippen molar-refractivity contribution in [2.24, 2.45) is 0 Å². The summed E-state index contributed by atoms with van der Waals surface area (Å²) in [6.07, 6.45) is 1.36. The summed E-state index contributed by atoms with van der Waals surface area (Å²) < 4.78 is 36.9. The van der Waals surface area contributed by atoms with Crippen molar-refractivity contribution in [1.82, 2.24) is 10.3 Å². The number of anilines is 1. The van der Waals surface area contributed by atoms with E-state index in [1.165, 1.54) is 10.8 Å². The molecule has 0 bridgehead atoms. The number of H-pyrrole nitrogens is 1. The minimum Gasteiger partial charge on any atom is -0.492 e. The minimum absolute atomic E-state index is 0.267. The Kier molecular flexibility index (Phi) is 7.09. The van der Waals surface area contributed by atoms with E-state index in [2.05, 4.69) is 33.2 Å². The molecule has 1 atom stereocenters. The lowest BCUT2D eigenvalue weighted by atomic mass is 10.1. The molecule has 0 saturated carbocycles. The third-order valence-electron chi connectivity index (χ3n) is 5.25. The lowest BCUT2D eigenvalue weighted by Gasteiger charge is -2.18. The van der Waals surface area contributed by atoms with E-state index in [-0.39, 0.29) is 6.23 Å². The molecule has 0 spiro atoms. The number of rotatable bonds is 10. The third-order valence-corrected chi connectivity index (χ3v) is 6.17. The summed E-state index contributed by atoms with van der Waals surface area (Å²) in [4.78, 5) is 3.42. The van der Waals surface area contributed by atoms with E-state index in [1.54, 1.807) is 19.2 Å². The molecule has 0 aliphatic carbocycles. The van der Waals surface area contributed by atoms with Gasteiger partial charge in [0, 0.05) is 42.4 Å². The number of ether oxygens (including phenoxy) is 2. The van der Waals surface area contributed by atoms with Gasteiger partial charge in [-0.05, 0) is 35.9 Å². The van der Waals surface area contributed by atoms with Gasteiger partial charge in [0.25, 0.3) is 0 Å². The molecule has 0 aliphatic heterocycles. The van der Waals surface area contributed by atoms with Crippen LogP contribution in [0.25, 0.3) is 21.8 Å². The van der Waals surface area contributed by atoms with E-state index >= 15 is 0 Å². The Balaban J connectivity index is 1.32. The smallest absolute Gasteiger partial charge is 0.229 e. The highest BCUT2D eigenvalue weighted by atomic mass is 35.5. The quantitative estimate of drug-likeness (QED) is 0.226. The standard InChI is InChI=1S/C24H26ClN3O4S/c1-31-24(14-16-7-10-20(25)23(13-16)28-33(2,29)30)26-11-12-32-17-8-9-19-18-5-3-4-6-21(18)27-22(19)15-17/h3-10,13,15,24,26-28H,11-12,14H2,1-2H3. The average Bonchev–Trinajstić information content (AvgIpc) is 3.15. The number of hydrogen-bond donors (Lipinski definition) is 3. The first-order valence-electron chi connectivity index (χ1n) is 10.5. The first kappa shape index (κ1) is 23.4. The normalized spacial score (nSPS) is 12.8. The summed E-state index contributed by atoms with van der Waals surface area (Å²) in [6.45, 7) is 1.04. The van der Waals surface area contributed by atoms with Crippen molar-refractivity contribution in [1.29, 1.82) is 0 Å². The number of benzene rings is 3. The number of halogens is 1. The van der Waals surface area contributed by atoms with Crippen LogP contribution in [0.3, 0.4) is 0 Å². The van der Waals surface area contributed by atoms with E-state index in [0.29, 0.717) is 30.3 Å². The fourth-order valence-electron chi connectivity index (χ4n) is 3.74. The van der Waals surface area contributed by atoms with Gasteiger partial charge in [0.15, 0.2) is 0 Å². The lowest BCUT2D eigenvalue weighted by molar-refractivity contribution is 0.0709. The summed E-state index contributed by atoms with van der Waals surface area (Å²) in [5.74, 6) is 0.791. The zero-order valence-corrected chi connectivity index (χ0v) is 20.0. The van der Waals surface area contributed by atoms with Crippen molar-refractivity contribution in [3.63, 3.8) is 0 Å². The molecule has 33 heavy (non-hydrogen) atoms. The number of methoxy groups -OCH3 is 1. The number of fused-ring (bicyclic) bond motifs is 3. The molecule has 0 radical (unpaired) electrons. The predicted octanol–water partition coefficient (Wildman–Crippen LogP) is 4.53. The van der Waals surface area contributed by atoms with Crippen LogP contribution >= 0.6 is 11.6 Å². The Morgan fingerprint density at radius 1 is 1.03 bits per heavy atom. The van der Waals surface area contributed by atoms with Crippen LogP contribution in [0.15, 0.2) is 60.7 Å². The monoisotopic (exact) mass is 487 g/mol. The van der Waals surface area contributed by atoms with E-state index in [0.717, 1.165) is 28.6 Å². The Morgan fingerprint density at radius 3 is 2.61 bits per heavy atom. The van der Waals surface area contributed by atoms with Gasteiger partial charge < -0.3 is 14.5 Å². The van der Waals surface area contributed by atoms with E-state index < -0.39 is 10.0 Å². The van der Waals surface area contributed by atoms with Gasteiger partial charge in [0.05, 0.1) is 22.5 Å². The maximum atomic E-state index is 11.5. The fraction of sp³-hybridized carbons (Fsp3) is 0.250. The largest absolute Gasteiger partial charge is 0.492 e. The predicted molar refractivity (Wildman–Crippen MR) is 134 cm³/mol. The molecule has 3 aromatic carbocycles. The maximum Gasteiger partial charge on any atom is 0.229 e. The van der Waals surface area contributed by atoms with Crippen LogP contribution in [-0.4, -0.2) is 46.1 Å². The van der Waals surface area contributed by atoms with Gasteiger partial charge in [0.2, 0.25) is 10.0 Å². The zero-order valence-electron chi connectivity index (χ0n) is 18.4. The van der Waals surface area contributed by atoms with Crippen LogP contribution in [0.2, 0.25) is 5.02 Å². The second kappa shape index (κ2) is 10.0. The molecule has 3 N–H and O–H groups in total. The number of aromatic nitrogens is 1. The average molecular weight is 488 g/mol. The topological polar surface area (TPSA) is 92.4 Å². The van der Waals surface area contributed by atoms with E-state index in [4.69, 9.17) is 21.1 Å². The van der Waals surface area contributed by atoms with E-state index in [9.17, 15) is 8.42 Å². The Bertz CT molecular complexity index is 1370. The van der Waals surface area contributed by atoms with Crippen molar-refractivity contribution in [3.8, 4) is 5.75 Å². The second-order valence-corrected chi connectivity index (χ2v) is 9.95. The number of hydrogen-bond acceptors (Lipinski definition) is 5. The molecule has 1 aromatic heterocycles. The fourth-order valence-corrected chi connectivity index (χ4v) is 4.53. The molecule has 0 fully saturated rings. The number of aromatic amines is 1. The summed E-state index contributed by atoms with van der Waals surface area (Å²) in [5, 5.41) is 6.01. The van der Waals surface area contributed by atoms with Crippen molar-refractivity contribution in [2.75, 3.05) is 31.2 Å². The van der Waals surface area contributed by atoms with Gasteiger partial charge in [-0.2, -0.15) is 0 Å². The number of nitrogens with one attached hydrogen (secondary N) is 3. The number of sulfonamides is 1. The van der Waals surface area contributed by atoms with Crippen LogP contribution in [0, 0.1) is 0 Å². The van der Waals surface area contributed by atoms with Crippen LogP contribution < -0.4 is 14.8 Å². The first-order chi connectivity index (χ1) is 15.8. The van der Waals surface area contributed by atoms with E-state index in [1.807, 2.05) is 30.3 Å². The highest BCUT2D eigenvalue weighted by Crippen LogP contribution is 2.28. The Hall–Kier alpha value is -2.78. The zero-order chi connectivity index (χ0) is 23.4. The Morgan fingerprint density at radius 2 is 1.82 bits per heavy atom. The highest BCUT2D eigenvalue weighted by Gasteiger charge is 2.12. The van der Waals surface area contributed by atoms with Crippen LogP contribution in [-0.2, 0) is 21.2 Å². The summed E-state index contributed by atoms with van der Waals surface area (Å²) >= 11 is 6.10. The SMILES string of the molecule is COC(Cc1ccc(Cl)c(NS(C)(=O)=O)c1)NCCOc1ccc2c(c1)[nH]c1ccccc12. The lowest BCUT2D eigenvalue weighted by Crippen LogP contribution is -2.35. The molecule has 4 aromatic rings. The van der Waals surface area contributed by atoms with Crippen LogP contribution in [0.4, 0.5) is 5.69 Å². The molecule has 0 saturated heterocycles. The molecule has 174 valence electrons. The molecule has 0 aliphatic rings. The van der Waals surface area contributed by atoms with Gasteiger partial charge in [0.1, 0.15) is 18.6 Å². The van der Waals surface area contributed by atoms with Gasteiger partial charge in [-0.25, -0.2) is 8.42 Å². The van der Waals surface area contributed by atoms with Gasteiger partial charge in [-0.1, -0.05) is 35.9 Å². The molecule has 1 heterocycles. The molecule has 4 rings (SSSR count). The van der Waals surface area contributed by atoms with Crippen LogP contribution in [0.1, 0.15) is 5.56 Å². The van der Waals surface area contributed by atoms with Crippen molar-refractivity contribution in [3.05, 3.63) is 71.2 Å². The van der Waals surface area contributed by atoms with Crippen LogP contribution in [0.5, 0.6) is 5.75 Å². The summed E-state index contributed by atoms with van der Waals surface area (Å²) in [7, 11) is -1.80. The molecule has 1 unspecified atom stereocenters. The molecule has 7 nitrogen and oxygen atoms in total. The minimum atomic E-state index is -3.42. The molecular formula is C24H26ClN3O4S. The molecule has 0 amide bonds. The first-order valence-corrected chi connectivity index (χ1v) is 12.7. The van der Waals surface area contributed by atoms with Crippen molar-refractivity contribution < 1.29 is 17.9 Å². The maximum absolute atomic E-state index is 11.5. The number of para-hydroxylation sites is 1. The second-order valence-electron chi connectivity index (χ2n) is 7.80. The summed E-state index contributed by atoms with van der Waals surface area (Å²) in [5.41, 5.74) is 3.38. The molecular weight excluding hydrogens is 462 g/mol. The summed E-state index contributed by atoms with van der Waals surface area (Å²) in [6, 6.07) is 19.5. The van der Waals surface area contributed by atoms with Gasteiger partial charge in [-0.15, -0.1) is 0 Å². The van der Waals surface area contributed by atoms with Gasteiger partial charge >= 0.3 is 0 Å². The van der Waals surface area contributed by atoms with Gasteiger partial charge in [-0.3, -0.25) is 10.0 Å². The van der Waals surface area contributed by atoms with Crippen molar-refractivity contribution in [2.45, 2.75) is 12.6 Å². The molecule has 9 heteroatoms. The third kappa shape index (κ3) is 5.97. The highest BCUT2D eigenvalue weighted by molar-refractivity contribution is 7.92.